The molecule has 0 radical (unpaired) electrons. The fourth-order valence-corrected chi connectivity index (χ4v) is 4.06. The third kappa shape index (κ3) is 5.53. The number of rotatable bonds is 7. The predicted octanol–water partition coefficient (Wildman–Crippen LogP) is 5.01. The Morgan fingerprint density at radius 1 is 1.21 bits per heavy atom. The smallest absolute Gasteiger partial charge is 0.288 e. The molecule has 2 aromatic carbocycles. The lowest BCUT2D eigenvalue weighted by Crippen LogP contribution is -2.17. The van der Waals surface area contributed by atoms with E-state index in [-0.39, 0.29) is 15.8 Å². The number of hydrogen-bond donors (Lipinski definition) is 2. The van der Waals surface area contributed by atoms with Gasteiger partial charge in [-0.25, -0.2) is 4.68 Å². The summed E-state index contributed by atoms with van der Waals surface area (Å²) < 4.78 is 26.5. The first-order valence-corrected chi connectivity index (χ1v) is 10.6. The molecule has 29 heavy (non-hydrogen) atoms. The molecule has 0 unspecified atom stereocenters. The zero-order valence-electron chi connectivity index (χ0n) is 14.5. The summed E-state index contributed by atoms with van der Waals surface area (Å²) in [7, 11) is 0. The Morgan fingerprint density at radius 3 is 2.69 bits per heavy atom. The monoisotopic (exact) mass is 475 g/mol. The summed E-state index contributed by atoms with van der Waals surface area (Å²) in [5.41, 5.74) is 0.853. The molecule has 3 rings (SSSR count). The number of nitrogens with two attached hydrogens (primary N) is 1. The Hall–Kier alpha value is -2.01. The van der Waals surface area contributed by atoms with Gasteiger partial charge in [0, 0.05) is 15.5 Å². The number of hydrogen-bond acceptors (Lipinski definition) is 6. The van der Waals surface area contributed by atoms with Crippen molar-refractivity contribution in [3.63, 3.8) is 0 Å². The molecule has 1 amide bonds. The third-order valence-corrected chi connectivity index (χ3v) is 5.83. The van der Waals surface area contributed by atoms with Crippen LogP contribution in [0.15, 0.2) is 52.5 Å². The number of nitrogen functional groups attached to an aromatic ring is 1. The summed E-state index contributed by atoms with van der Waals surface area (Å²) >= 11 is 13.5. The number of benzene rings is 2. The molecule has 1 aromatic heterocycles. The van der Waals surface area contributed by atoms with Gasteiger partial charge in [0.2, 0.25) is 11.1 Å². The van der Waals surface area contributed by atoms with E-state index in [1.54, 1.807) is 36.4 Å². The molecule has 0 fully saturated rings. The van der Waals surface area contributed by atoms with Gasteiger partial charge in [0.1, 0.15) is 0 Å². The molecule has 0 bridgehead atoms. The predicted molar refractivity (Wildman–Crippen MR) is 113 cm³/mol. The lowest BCUT2D eigenvalue weighted by Gasteiger charge is -2.10. The van der Waals surface area contributed by atoms with Crippen molar-refractivity contribution in [1.82, 2.24) is 14.9 Å². The molecule has 12 heteroatoms. The van der Waals surface area contributed by atoms with Crippen molar-refractivity contribution >= 4 is 58.3 Å². The number of para-hydroxylation sites is 1. The van der Waals surface area contributed by atoms with Crippen LogP contribution in [0.1, 0.15) is 0 Å². The van der Waals surface area contributed by atoms with Gasteiger partial charge in [-0.3, -0.25) is 4.79 Å². The van der Waals surface area contributed by atoms with E-state index in [2.05, 4.69) is 15.5 Å². The Morgan fingerprint density at radius 2 is 1.97 bits per heavy atom. The highest BCUT2D eigenvalue weighted by molar-refractivity contribution is 8.00. The van der Waals surface area contributed by atoms with Crippen LogP contribution in [0.3, 0.4) is 0 Å². The van der Waals surface area contributed by atoms with Gasteiger partial charge >= 0.3 is 0 Å². The molecule has 1 heterocycles. The van der Waals surface area contributed by atoms with Crippen molar-refractivity contribution in [3.05, 3.63) is 52.5 Å². The first-order chi connectivity index (χ1) is 13.8. The molecule has 0 aliphatic heterocycles. The SMILES string of the molecule is Nn1c(SCC(=O)Nc2ccccc2SC(F)F)nnc1-c1ccc(Cl)cc1Cl. The highest BCUT2D eigenvalue weighted by Crippen LogP contribution is 2.32. The maximum atomic E-state index is 12.6. The molecule has 0 aliphatic rings. The molecule has 0 aliphatic carbocycles. The van der Waals surface area contributed by atoms with Crippen LogP contribution in [0.5, 0.6) is 0 Å². The summed E-state index contributed by atoms with van der Waals surface area (Å²) in [6, 6.07) is 11.2. The first kappa shape index (κ1) is 21.7. The lowest BCUT2D eigenvalue weighted by atomic mass is 10.2. The second-order valence-electron chi connectivity index (χ2n) is 5.51. The molecule has 0 saturated carbocycles. The van der Waals surface area contributed by atoms with E-state index < -0.39 is 11.7 Å². The van der Waals surface area contributed by atoms with Gasteiger partial charge in [0.25, 0.3) is 5.76 Å². The average molecular weight is 476 g/mol. The number of nitrogens with one attached hydrogen (secondary N) is 1. The van der Waals surface area contributed by atoms with Crippen LogP contribution in [0.2, 0.25) is 10.0 Å². The van der Waals surface area contributed by atoms with E-state index >= 15 is 0 Å². The van der Waals surface area contributed by atoms with Gasteiger partial charge in [0.05, 0.1) is 16.5 Å². The summed E-state index contributed by atoms with van der Waals surface area (Å²) in [5.74, 6) is 3.31. The number of nitrogens with zero attached hydrogens (tertiary/aromatic N) is 3. The van der Waals surface area contributed by atoms with Crippen LogP contribution in [-0.4, -0.2) is 32.3 Å². The minimum absolute atomic E-state index is 0.0443. The van der Waals surface area contributed by atoms with Gasteiger partial charge in [-0.1, -0.05) is 58.9 Å². The third-order valence-electron chi connectivity index (χ3n) is 3.55. The molecule has 0 saturated heterocycles. The summed E-state index contributed by atoms with van der Waals surface area (Å²) in [6.45, 7) is 0. The van der Waals surface area contributed by atoms with E-state index in [1.165, 1.54) is 10.7 Å². The Bertz CT molecular complexity index is 1030. The Kier molecular flexibility index (Phi) is 7.23. The van der Waals surface area contributed by atoms with Gasteiger partial charge in [-0.2, -0.15) is 8.78 Å². The van der Waals surface area contributed by atoms with Crippen LogP contribution in [0, 0.1) is 0 Å². The van der Waals surface area contributed by atoms with Crippen molar-refractivity contribution in [2.45, 2.75) is 15.8 Å². The minimum atomic E-state index is -2.59. The van der Waals surface area contributed by atoms with E-state index in [9.17, 15) is 13.6 Å². The number of carbonyl (C=O) groups is 1. The number of amides is 1. The van der Waals surface area contributed by atoms with Gasteiger partial charge in [-0.15, -0.1) is 10.2 Å². The number of alkyl halides is 2. The Labute approximate surface area is 183 Å². The quantitative estimate of drug-likeness (QED) is 0.368. The van der Waals surface area contributed by atoms with E-state index in [0.717, 1.165) is 11.8 Å². The van der Waals surface area contributed by atoms with E-state index in [4.69, 9.17) is 29.0 Å². The molecule has 152 valence electrons. The number of carbonyl (C=O) groups excluding carboxylic acids is 1. The normalized spacial score (nSPS) is 11.1. The van der Waals surface area contributed by atoms with Crippen LogP contribution in [0.25, 0.3) is 11.4 Å². The zero-order chi connectivity index (χ0) is 21.0. The van der Waals surface area contributed by atoms with Crippen LogP contribution in [0.4, 0.5) is 14.5 Å². The van der Waals surface area contributed by atoms with Gasteiger partial charge < -0.3 is 11.2 Å². The Balaban J connectivity index is 1.67. The molecule has 0 atom stereocenters. The van der Waals surface area contributed by atoms with Crippen molar-refractivity contribution in [1.29, 1.82) is 0 Å². The molecule has 3 N–H and O–H groups in total. The van der Waals surface area contributed by atoms with Crippen molar-refractivity contribution < 1.29 is 13.6 Å². The van der Waals surface area contributed by atoms with Crippen LogP contribution < -0.4 is 11.2 Å². The number of anilines is 1. The van der Waals surface area contributed by atoms with Crippen molar-refractivity contribution in [3.8, 4) is 11.4 Å². The van der Waals surface area contributed by atoms with Crippen molar-refractivity contribution in [2.75, 3.05) is 16.9 Å². The molecular formula is C17H13Cl2F2N5OS2. The van der Waals surface area contributed by atoms with Gasteiger partial charge in [-0.05, 0) is 30.3 Å². The minimum Gasteiger partial charge on any atom is -0.335 e. The molecular weight excluding hydrogens is 463 g/mol. The zero-order valence-corrected chi connectivity index (χ0v) is 17.6. The highest BCUT2D eigenvalue weighted by Gasteiger charge is 2.17. The second-order valence-corrected chi connectivity index (χ2v) is 8.33. The van der Waals surface area contributed by atoms with Gasteiger partial charge in [0.15, 0.2) is 5.82 Å². The largest absolute Gasteiger partial charge is 0.335 e. The second kappa shape index (κ2) is 9.66. The topological polar surface area (TPSA) is 85.8 Å². The maximum Gasteiger partial charge on any atom is 0.288 e. The summed E-state index contributed by atoms with van der Waals surface area (Å²) in [4.78, 5) is 12.5. The van der Waals surface area contributed by atoms with Crippen LogP contribution in [-0.2, 0) is 4.79 Å². The van der Waals surface area contributed by atoms with E-state index in [1.807, 2.05) is 0 Å². The standard InChI is InChI=1S/C17H13Cl2F2N5OS2/c18-9-5-6-10(11(19)7-9)15-24-25-17(26(15)22)28-8-14(27)23-12-3-1-2-4-13(12)29-16(20)21/h1-7,16H,8,22H2,(H,23,27). The number of aromatic nitrogens is 3. The molecule has 0 spiro atoms. The summed E-state index contributed by atoms with van der Waals surface area (Å²) in [6.07, 6.45) is 0. The van der Waals surface area contributed by atoms with Crippen molar-refractivity contribution in [2.24, 2.45) is 0 Å². The maximum absolute atomic E-state index is 12.6. The highest BCUT2D eigenvalue weighted by atomic mass is 35.5. The average Bonchev–Trinajstić information content (AvgIpc) is 3.02. The summed E-state index contributed by atoms with van der Waals surface area (Å²) in [5, 5.41) is 11.7. The fourth-order valence-electron chi connectivity index (χ4n) is 2.31. The first-order valence-electron chi connectivity index (χ1n) is 7.97. The lowest BCUT2D eigenvalue weighted by molar-refractivity contribution is -0.113. The number of halogens is 4. The van der Waals surface area contributed by atoms with Crippen LogP contribution >= 0.6 is 46.7 Å². The number of thioether (sulfide) groups is 2. The fraction of sp³-hybridized carbons (Fsp3) is 0.118. The molecule has 3 aromatic rings. The molecule has 6 nitrogen and oxygen atoms in total. The van der Waals surface area contributed by atoms with E-state index in [0.29, 0.717) is 38.9 Å².